The average molecular weight is 375 g/mol. The molecular weight excluding hydrogens is 356 g/mol. The predicted molar refractivity (Wildman–Crippen MR) is 111 cm³/mol. The van der Waals surface area contributed by atoms with E-state index in [1.807, 2.05) is 49.4 Å². The monoisotopic (exact) mass is 374 g/mol. The van der Waals surface area contributed by atoms with Crippen LogP contribution in [0.3, 0.4) is 0 Å². The van der Waals surface area contributed by atoms with Gasteiger partial charge in [0, 0.05) is 23.0 Å². The Bertz CT molecular complexity index is 1140. The minimum atomic E-state index is -0.413. The number of rotatable bonds is 4. The molecule has 0 aliphatic heterocycles. The van der Waals surface area contributed by atoms with Crippen molar-refractivity contribution >= 4 is 28.3 Å². The number of amides is 1. The highest BCUT2D eigenvalue weighted by Gasteiger charge is 2.17. The molecule has 0 spiro atoms. The number of primary amides is 1. The van der Waals surface area contributed by atoms with Crippen molar-refractivity contribution < 1.29 is 4.79 Å². The van der Waals surface area contributed by atoms with Crippen LogP contribution >= 0.6 is 11.6 Å². The van der Waals surface area contributed by atoms with Crippen LogP contribution in [0, 0.1) is 6.92 Å². The molecule has 0 saturated heterocycles. The summed E-state index contributed by atoms with van der Waals surface area (Å²) in [7, 11) is 0. The summed E-state index contributed by atoms with van der Waals surface area (Å²) in [5, 5.41) is 3.05. The number of aromatic nitrogens is 1. The van der Waals surface area contributed by atoms with Crippen molar-refractivity contribution in [1.29, 1.82) is 0 Å². The number of carbonyl (C=O) groups is 1. The lowest BCUT2D eigenvalue weighted by Crippen LogP contribution is -2.12. The normalized spacial score (nSPS) is 11.0. The maximum atomic E-state index is 11.9. The molecule has 3 nitrogen and oxygen atoms in total. The Balaban J connectivity index is 1.86. The minimum Gasteiger partial charge on any atom is -0.366 e. The molecule has 1 aromatic heterocycles. The van der Waals surface area contributed by atoms with Gasteiger partial charge >= 0.3 is 0 Å². The molecule has 3 aromatic carbocycles. The topological polar surface area (TPSA) is 48.0 Å². The first-order chi connectivity index (χ1) is 13.0. The quantitative estimate of drug-likeness (QED) is 0.509. The number of hydrogen-bond donors (Lipinski definition) is 1. The molecule has 2 N–H and O–H groups in total. The van der Waals surface area contributed by atoms with Crippen molar-refractivity contribution in [3.8, 4) is 11.3 Å². The molecular formula is C23H19ClN2O. The lowest BCUT2D eigenvalue weighted by atomic mass is 10.0. The van der Waals surface area contributed by atoms with Crippen LogP contribution in [-0.2, 0) is 6.54 Å². The third kappa shape index (κ3) is 3.34. The van der Waals surface area contributed by atoms with Gasteiger partial charge in [-0.05, 0) is 53.1 Å². The van der Waals surface area contributed by atoms with E-state index in [1.165, 1.54) is 5.39 Å². The fourth-order valence-electron chi connectivity index (χ4n) is 3.46. The van der Waals surface area contributed by atoms with E-state index in [1.54, 1.807) is 0 Å². The van der Waals surface area contributed by atoms with Gasteiger partial charge in [-0.15, -0.1) is 0 Å². The van der Waals surface area contributed by atoms with Crippen molar-refractivity contribution in [1.82, 2.24) is 4.57 Å². The van der Waals surface area contributed by atoms with Gasteiger partial charge in [-0.3, -0.25) is 4.79 Å². The molecule has 134 valence electrons. The van der Waals surface area contributed by atoms with Crippen LogP contribution in [0.2, 0.25) is 5.02 Å². The molecule has 0 bridgehead atoms. The van der Waals surface area contributed by atoms with Gasteiger partial charge in [0.1, 0.15) is 0 Å². The van der Waals surface area contributed by atoms with Gasteiger partial charge < -0.3 is 10.3 Å². The first kappa shape index (κ1) is 17.4. The molecule has 1 heterocycles. The van der Waals surface area contributed by atoms with E-state index >= 15 is 0 Å². The van der Waals surface area contributed by atoms with Crippen molar-refractivity contribution in [2.45, 2.75) is 13.5 Å². The van der Waals surface area contributed by atoms with Crippen molar-refractivity contribution in [3.63, 3.8) is 0 Å². The lowest BCUT2D eigenvalue weighted by molar-refractivity contribution is 0.0999. The Labute approximate surface area is 163 Å². The SMILES string of the molecule is Cc1c(C(N)=O)cc(-c2ccc3ccccc3c2)n1Cc1ccc(Cl)cc1. The number of nitrogens with two attached hydrogens (primary N) is 1. The van der Waals surface area contributed by atoms with Crippen LogP contribution in [0.25, 0.3) is 22.0 Å². The first-order valence-corrected chi connectivity index (χ1v) is 9.14. The Morgan fingerprint density at radius 1 is 0.963 bits per heavy atom. The molecule has 27 heavy (non-hydrogen) atoms. The Morgan fingerprint density at radius 3 is 2.37 bits per heavy atom. The van der Waals surface area contributed by atoms with Gasteiger partial charge in [0.05, 0.1) is 5.56 Å². The van der Waals surface area contributed by atoms with E-state index in [0.29, 0.717) is 17.1 Å². The largest absolute Gasteiger partial charge is 0.366 e. The van der Waals surface area contributed by atoms with Crippen molar-refractivity contribution in [2.24, 2.45) is 5.73 Å². The average Bonchev–Trinajstić information content (AvgIpc) is 3.00. The molecule has 1 amide bonds. The van der Waals surface area contributed by atoms with E-state index in [-0.39, 0.29) is 0 Å². The molecule has 0 radical (unpaired) electrons. The van der Waals surface area contributed by atoms with Crippen LogP contribution in [0.1, 0.15) is 21.6 Å². The maximum Gasteiger partial charge on any atom is 0.250 e. The minimum absolute atomic E-state index is 0.413. The Kier molecular flexibility index (Phi) is 4.46. The number of nitrogens with zero attached hydrogens (tertiary/aromatic N) is 1. The molecule has 0 fully saturated rings. The summed E-state index contributed by atoms with van der Waals surface area (Å²) < 4.78 is 2.13. The third-order valence-electron chi connectivity index (χ3n) is 4.93. The summed E-state index contributed by atoms with van der Waals surface area (Å²) >= 11 is 6.01. The van der Waals surface area contributed by atoms with Gasteiger partial charge in [-0.2, -0.15) is 0 Å². The van der Waals surface area contributed by atoms with Gasteiger partial charge in [-0.25, -0.2) is 0 Å². The second-order valence-corrected chi connectivity index (χ2v) is 7.10. The summed E-state index contributed by atoms with van der Waals surface area (Å²) in [5.41, 5.74) is 10.2. The Hall–Kier alpha value is -3.04. The fraction of sp³-hybridized carbons (Fsp3) is 0.0870. The van der Waals surface area contributed by atoms with Crippen LogP contribution in [-0.4, -0.2) is 10.5 Å². The molecule has 0 aliphatic rings. The fourth-order valence-corrected chi connectivity index (χ4v) is 3.58. The summed E-state index contributed by atoms with van der Waals surface area (Å²) in [4.78, 5) is 11.9. The van der Waals surface area contributed by atoms with Crippen LogP contribution < -0.4 is 5.73 Å². The summed E-state index contributed by atoms with van der Waals surface area (Å²) in [6.07, 6.45) is 0. The zero-order valence-electron chi connectivity index (χ0n) is 14.9. The highest BCUT2D eigenvalue weighted by molar-refractivity contribution is 6.30. The van der Waals surface area contributed by atoms with Gasteiger partial charge in [0.15, 0.2) is 0 Å². The van der Waals surface area contributed by atoms with E-state index in [4.69, 9.17) is 17.3 Å². The molecule has 0 aliphatic carbocycles. The number of fused-ring (bicyclic) bond motifs is 1. The highest BCUT2D eigenvalue weighted by Crippen LogP contribution is 2.29. The Morgan fingerprint density at radius 2 is 1.67 bits per heavy atom. The van der Waals surface area contributed by atoms with E-state index in [2.05, 4.69) is 34.9 Å². The molecule has 4 rings (SSSR count). The van der Waals surface area contributed by atoms with Crippen molar-refractivity contribution in [2.75, 3.05) is 0 Å². The van der Waals surface area contributed by atoms with Crippen LogP contribution in [0.4, 0.5) is 0 Å². The zero-order valence-corrected chi connectivity index (χ0v) is 15.7. The summed E-state index contributed by atoms with van der Waals surface area (Å²) in [6.45, 7) is 2.57. The predicted octanol–water partition coefficient (Wildman–Crippen LogP) is 5.42. The van der Waals surface area contributed by atoms with E-state index in [0.717, 1.165) is 27.9 Å². The second kappa shape index (κ2) is 6.93. The molecule has 4 heteroatoms. The molecule has 0 saturated carbocycles. The van der Waals surface area contributed by atoms with Gasteiger partial charge in [-0.1, -0.05) is 60.1 Å². The maximum absolute atomic E-state index is 11.9. The third-order valence-corrected chi connectivity index (χ3v) is 5.18. The van der Waals surface area contributed by atoms with Gasteiger partial charge in [0.2, 0.25) is 0 Å². The molecule has 0 unspecified atom stereocenters. The number of carbonyl (C=O) groups excluding carboxylic acids is 1. The van der Waals surface area contributed by atoms with Crippen LogP contribution in [0.5, 0.6) is 0 Å². The molecule has 0 atom stereocenters. The van der Waals surface area contributed by atoms with E-state index < -0.39 is 5.91 Å². The number of hydrogen-bond acceptors (Lipinski definition) is 1. The molecule has 4 aromatic rings. The van der Waals surface area contributed by atoms with Crippen LogP contribution in [0.15, 0.2) is 72.8 Å². The summed E-state index contributed by atoms with van der Waals surface area (Å²) in [5.74, 6) is -0.413. The highest BCUT2D eigenvalue weighted by atomic mass is 35.5. The lowest BCUT2D eigenvalue weighted by Gasteiger charge is -2.13. The number of benzene rings is 3. The van der Waals surface area contributed by atoms with Crippen molar-refractivity contribution in [3.05, 3.63) is 94.6 Å². The zero-order chi connectivity index (χ0) is 19.0. The standard InChI is InChI=1S/C23H19ClN2O/c1-15-21(23(25)27)13-22(26(15)14-16-6-10-20(24)11-7-16)19-9-8-17-4-2-3-5-18(17)12-19/h2-13H,14H2,1H3,(H2,25,27). The second-order valence-electron chi connectivity index (χ2n) is 6.67. The number of halogens is 1. The first-order valence-electron chi connectivity index (χ1n) is 8.76. The van der Waals surface area contributed by atoms with Gasteiger partial charge in [0.25, 0.3) is 5.91 Å². The smallest absolute Gasteiger partial charge is 0.250 e. The van der Waals surface area contributed by atoms with E-state index in [9.17, 15) is 4.79 Å². The summed E-state index contributed by atoms with van der Waals surface area (Å²) in [6, 6.07) is 24.2.